The highest BCUT2D eigenvalue weighted by molar-refractivity contribution is 9.10. The molecule has 0 spiro atoms. The van der Waals surface area contributed by atoms with E-state index in [0.29, 0.717) is 28.0 Å². The number of hydrogen-bond acceptors (Lipinski definition) is 4. The van der Waals surface area contributed by atoms with E-state index in [1.165, 1.54) is 0 Å². The Morgan fingerprint density at radius 1 is 1.19 bits per heavy atom. The molecule has 0 bridgehead atoms. The van der Waals surface area contributed by atoms with Crippen molar-refractivity contribution in [2.45, 2.75) is 6.92 Å². The molecule has 4 nitrogen and oxygen atoms in total. The molecule has 0 unspecified atom stereocenters. The van der Waals surface area contributed by atoms with Crippen LogP contribution in [0.1, 0.15) is 5.56 Å². The SMILES string of the molecule is Cc1ccc(-c2noc(-c3cc(N)ccc3Cl)n2)cc1Br. The third-order valence-corrected chi connectivity index (χ3v) is 4.26. The maximum absolute atomic E-state index is 6.14. The Morgan fingerprint density at radius 3 is 2.76 bits per heavy atom. The van der Waals surface area contributed by atoms with Crippen LogP contribution in [-0.2, 0) is 0 Å². The van der Waals surface area contributed by atoms with Gasteiger partial charge in [-0.15, -0.1) is 0 Å². The van der Waals surface area contributed by atoms with Gasteiger partial charge in [0.15, 0.2) is 0 Å². The van der Waals surface area contributed by atoms with E-state index in [9.17, 15) is 0 Å². The van der Waals surface area contributed by atoms with E-state index >= 15 is 0 Å². The van der Waals surface area contributed by atoms with E-state index in [2.05, 4.69) is 26.1 Å². The molecule has 0 atom stereocenters. The zero-order valence-electron chi connectivity index (χ0n) is 11.1. The second kappa shape index (κ2) is 5.50. The first-order chi connectivity index (χ1) is 10.0. The summed E-state index contributed by atoms with van der Waals surface area (Å²) in [4.78, 5) is 4.38. The van der Waals surface area contributed by atoms with Crippen LogP contribution < -0.4 is 5.73 Å². The fraction of sp³-hybridized carbons (Fsp3) is 0.0667. The van der Waals surface area contributed by atoms with Gasteiger partial charge in [-0.3, -0.25) is 0 Å². The summed E-state index contributed by atoms with van der Waals surface area (Å²) in [6.45, 7) is 2.02. The molecule has 3 aromatic rings. The average molecular weight is 365 g/mol. The van der Waals surface area contributed by atoms with Crippen LogP contribution in [-0.4, -0.2) is 10.1 Å². The predicted octanol–water partition coefficient (Wildman–Crippen LogP) is 4.71. The third-order valence-electron chi connectivity index (χ3n) is 3.08. The van der Waals surface area contributed by atoms with Crippen LogP contribution in [0.2, 0.25) is 5.02 Å². The number of benzene rings is 2. The predicted molar refractivity (Wildman–Crippen MR) is 87.0 cm³/mol. The molecule has 1 aromatic heterocycles. The monoisotopic (exact) mass is 363 g/mol. The van der Waals surface area contributed by atoms with Crippen molar-refractivity contribution >= 4 is 33.2 Å². The number of aryl methyl sites for hydroxylation is 1. The van der Waals surface area contributed by atoms with Crippen molar-refractivity contribution in [1.82, 2.24) is 10.1 Å². The lowest BCUT2D eigenvalue weighted by molar-refractivity contribution is 0.432. The minimum absolute atomic E-state index is 0.346. The Hall–Kier alpha value is -1.85. The molecule has 0 fully saturated rings. The first-order valence-corrected chi connectivity index (χ1v) is 7.37. The van der Waals surface area contributed by atoms with Crippen molar-refractivity contribution in [2.75, 3.05) is 5.73 Å². The number of nitrogens with zero attached hydrogens (tertiary/aromatic N) is 2. The molecule has 0 aliphatic rings. The van der Waals surface area contributed by atoms with Crippen LogP contribution in [0.3, 0.4) is 0 Å². The molecule has 1 heterocycles. The van der Waals surface area contributed by atoms with Crippen molar-refractivity contribution in [3.8, 4) is 22.8 Å². The van der Waals surface area contributed by atoms with Gasteiger partial charge in [-0.25, -0.2) is 0 Å². The van der Waals surface area contributed by atoms with Crippen LogP contribution in [0.25, 0.3) is 22.8 Å². The first kappa shape index (κ1) is 14.1. The summed E-state index contributed by atoms with van der Waals surface area (Å²) in [5, 5.41) is 4.52. The van der Waals surface area contributed by atoms with Gasteiger partial charge in [0.25, 0.3) is 5.89 Å². The van der Waals surface area contributed by atoms with Crippen molar-refractivity contribution in [2.24, 2.45) is 0 Å². The van der Waals surface area contributed by atoms with Gasteiger partial charge < -0.3 is 10.3 Å². The van der Waals surface area contributed by atoms with E-state index in [0.717, 1.165) is 15.6 Å². The molecule has 2 aromatic carbocycles. The molecule has 106 valence electrons. The van der Waals surface area contributed by atoms with Crippen molar-refractivity contribution in [1.29, 1.82) is 0 Å². The first-order valence-electron chi connectivity index (χ1n) is 6.20. The smallest absolute Gasteiger partial charge is 0.259 e. The Bertz CT molecular complexity index is 816. The molecular weight excluding hydrogens is 354 g/mol. The van der Waals surface area contributed by atoms with Crippen LogP contribution in [0, 0.1) is 6.92 Å². The maximum atomic E-state index is 6.14. The van der Waals surface area contributed by atoms with Crippen molar-refractivity contribution in [3.63, 3.8) is 0 Å². The van der Waals surface area contributed by atoms with Gasteiger partial charge in [0.2, 0.25) is 5.82 Å². The van der Waals surface area contributed by atoms with Gasteiger partial charge in [0, 0.05) is 15.7 Å². The molecule has 2 N–H and O–H groups in total. The second-order valence-electron chi connectivity index (χ2n) is 4.63. The van der Waals surface area contributed by atoms with E-state index in [1.54, 1.807) is 18.2 Å². The lowest BCUT2D eigenvalue weighted by atomic mass is 10.1. The molecule has 0 radical (unpaired) electrons. The molecular formula is C15H11BrClN3O. The third kappa shape index (κ3) is 2.80. The Morgan fingerprint density at radius 2 is 2.00 bits per heavy atom. The quantitative estimate of drug-likeness (QED) is 0.669. The van der Waals surface area contributed by atoms with Crippen LogP contribution in [0.5, 0.6) is 0 Å². The number of nitrogen functional groups attached to an aromatic ring is 1. The fourth-order valence-electron chi connectivity index (χ4n) is 1.89. The highest BCUT2D eigenvalue weighted by atomic mass is 79.9. The number of anilines is 1. The number of aromatic nitrogens is 2. The fourth-order valence-corrected chi connectivity index (χ4v) is 2.47. The molecule has 0 saturated heterocycles. The normalized spacial score (nSPS) is 10.8. The van der Waals surface area contributed by atoms with Gasteiger partial charge in [-0.1, -0.05) is 44.8 Å². The molecule has 0 aliphatic carbocycles. The van der Waals surface area contributed by atoms with E-state index in [4.69, 9.17) is 21.9 Å². The summed E-state index contributed by atoms with van der Waals surface area (Å²) >= 11 is 9.63. The summed E-state index contributed by atoms with van der Waals surface area (Å²) < 4.78 is 6.29. The van der Waals surface area contributed by atoms with Crippen molar-refractivity contribution in [3.05, 3.63) is 51.5 Å². The lowest BCUT2D eigenvalue weighted by Crippen LogP contribution is -1.87. The Labute approximate surface area is 135 Å². The van der Waals surface area contributed by atoms with Gasteiger partial charge >= 0.3 is 0 Å². The zero-order valence-corrected chi connectivity index (χ0v) is 13.4. The highest BCUT2D eigenvalue weighted by Gasteiger charge is 2.14. The Kier molecular flexibility index (Phi) is 3.69. The van der Waals surface area contributed by atoms with Gasteiger partial charge in [-0.05, 0) is 36.8 Å². The topological polar surface area (TPSA) is 64.9 Å². The number of rotatable bonds is 2. The largest absolute Gasteiger partial charge is 0.399 e. The second-order valence-corrected chi connectivity index (χ2v) is 5.89. The van der Waals surface area contributed by atoms with Gasteiger partial charge in [0.05, 0.1) is 10.6 Å². The summed E-state index contributed by atoms with van der Waals surface area (Å²) in [7, 11) is 0. The summed E-state index contributed by atoms with van der Waals surface area (Å²) in [5.74, 6) is 0.850. The molecule has 0 saturated carbocycles. The van der Waals surface area contributed by atoms with E-state index in [-0.39, 0.29) is 0 Å². The minimum atomic E-state index is 0.346. The van der Waals surface area contributed by atoms with Crippen LogP contribution >= 0.6 is 27.5 Å². The summed E-state index contributed by atoms with van der Waals surface area (Å²) in [6, 6.07) is 11.0. The highest BCUT2D eigenvalue weighted by Crippen LogP contribution is 2.31. The van der Waals surface area contributed by atoms with E-state index < -0.39 is 0 Å². The zero-order chi connectivity index (χ0) is 15.0. The molecule has 3 rings (SSSR count). The summed E-state index contributed by atoms with van der Waals surface area (Å²) in [6.07, 6.45) is 0. The number of nitrogens with two attached hydrogens (primary N) is 1. The standard InChI is InChI=1S/C15H11BrClN3O/c1-8-2-3-9(6-12(8)16)14-19-15(21-20-14)11-7-10(18)4-5-13(11)17/h2-7H,18H2,1H3. The van der Waals surface area contributed by atoms with Gasteiger partial charge in [-0.2, -0.15) is 4.98 Å². The van der Waals surface area contributed by atoms with Crippen LogP contribution in [0.4, 0.5) is 5.69 Å². The molecule has 6 heteroatoms. The minimum Gasteiger partial charge on any atom is -0.399 e. The number of hydrogen-bond donors (Lipinski definition) is 1. The van der Waals surface area contributed by atoms with Gasteiger partial charge in [0.1, 0.15) is 0 Å². The molecule has 0 aliphatic heterocycles. The molecule has 0 amide bonds. The number of halogens is 2. The van der Waals surface area contributed by atoms with Crippen LogP contribution in [0.15, 0.2) is 45.4 Å². The molecule has 21 heavy (non-hydrogen) atoms. The summed E-state index contributed by atoms with van der Waals surface area (Å²) in [5.41, 5.74) is 8.98. The lowest BCUT2D eigenvalue weighted by Gasteiger charge is -2.00. The van der Waals surface area contributed by atoms with Crippen molar-refractivity contribution < 1.29 is 4.52 Å². The maximum Gasteiger partial charge on any atom is 0.259 e. The average Bonchev–Trinajstić information content (AvgIpc) is 2.94. The Balaban J connectivity index is 2.03. The van der Waals surface area contributed by atoms with E-state index in [1.807, 2.05) is 25.1 Å².